The highest BCUT2D eigenvalue weighted by atomic mass is 16.5. The lowest BCUT2D eigenvalue weighted by Crippen LogP contribution is -2.43. The third-order valence-corrected chi connectivity index (χ3v) is 6.07. The molecule has 2 nitrogen and oxygen atoms in total. The van der Waals surface area contributed by atoms with Gasteiger partial charge in [-0.25, -0.2) is 0 Å². The van der Waals surface area contributed by atoms with Crippen molar-refractivity contribution in [2.45, 2.75) is 33.1 Å². The molecular weight excluding hydrogens is 390 g/mol. The first kappa shape index (κ1) is 23.8. The molecule has 0 aliphatic heterocycles. The van der Waals surface area contributed by atoms with E-state index < -0.39 is 0 Å². The maximum absolute atomic E-state index is 6.10. The van der Waals surface area contributed by atoms with E-state index in [0.717, 1.165) is 29.8 Å². The Hall–Kier alpha value is -2.84. The van der Waals surface area contributed by atoms with Crippen molar-refractivity contribution >= 4 is 11.1 Å². The SMILES string of the molecule is CCCC[N+](C)(C)CCOc1ccc(/C(=C(/CC)c2ccccc2)c2ccccc2)cc1. The Morgan fingerprint density at radius 3 is 1.81 bits per heavy atom. The molecule has 0 atom stereocenters. The maximum atomic E-state index is 6.10. The van der Waals surface area contributed by atoms with E-state index in [0.29, 0.717) is 0 Å². The highest BCUT2D eigenvalue weighted by Gasteiger charge is 2.15. The summed E-state index contributed by atoms with van der Waals surface area (Å²) in [6.45, 7) is 7.44. The molecule has 0 N–H and O–H groups in total. The highest BCUT2D eigenvalue weighted by Crippen LogP contribution is 2.34. The molecule has 2 heteroatoms. The van der Waals surface area contributed by atoms with Crippen LogP contribution in [0.4, 0.5) is 0 Å². The summed E-state index contributed by atoms with van der Waals surface area (Å²) in [6, 6.07) is 30.1. The first-order valence-corrected chi connectivity index (χ1v) is 11.9. The fourth-order valence-corrected chi connectivity index (χ4v) is 4.11. The van der Waals surface area contributed by atoms with Gasteiger partial charge in [-0.2, -0.15) is 0 Å². The van der Waals surface area contributed by atoms with Crippen LogP contribution in [0.3, 0.4) is 0 Å². The van der Waals surface area contributed by atoms with E-state index in [2.05, 4.69) is 113 Å². The number of nitrogens with zero attached hydrogens (tertiary/aromatic N) is 1. The molecule has 0 saturated heterocycles. The molecule has 32 heavy (non-hydrogen) atoms. The van der Waals surface area contributed by atoms with Gasteiger partial charge in [0.25, 0.3) is 0 Å². The van der Waals surface area contributed by atoms with Crippen LogP contribution in [-0.2, 0) is 0 Å². The molecule has 0 saturated carbocycles. The Morgan fingerprint density at radius 1 is 0.688 bits per heavy atom. The molecule has 0 fully saturated rings. The Balaban J connectivity index is 1.84. The van der Waals surface area contributed by atoms with E-state index in [4.69, 9.17) is 4.74 Å². The molecular formula is C30H38NO+. The molecule has 0 amide bonds. The monoisotopic (exact) mass is 428 g/mol. The van der Waals surface area contributed by atoms with Gasteiger partial charge in [0.15, 0.2) is 0 Å². The average Bonchev–Trinajstić information content (AvgIpc) is 2.83. The molecule has 0 aromatic heterocycles. The normalized spacial score (nSPS) is 12.4. The fraction of sp³-hybridized carbons (Fsp3) is 0.333. The molecule has 3 aromatic carbocycles. The lowest BCUT2D eigenvalue weighted by atomic mass is 9.88. The van der Waals surface area contributed by atoms with Crippen LogP contribution < -0.4 is 4.74 Å². The van der Waals surface area contributed by atoms with Crippen LogP contribution in [0, 0.1) is 0 Å². The Morgan fingerprint density at radius 2 is 1.25 bits per heavy atom. The van der Waals surface area contributed by atoms with Crippen molar-refractivity contribution in [3.8, 4) is 5.75 Å². The number of ether oxygens (including phenoxy) is 1. The van der Waals surface area contributed by atoms with Crippen molar-refractivity contribution in [3.63, 3.8) is 0 Å². The van der Waals surface area contributed by atoms with Crippen molar-refractivity contribution in [2.24, 2.45) is 0 Å². The zero-order valence-electron chi connectivity index (χ0n) is 20.2. The zero-order chi connectivity index (χ0) is 22.8. The predicted molar refractivity (Wildman–Crippen MR) is 138 cm³/mol. The van der Waals surface area contributed by atoms with Gasteiger partial charge in [0.1, 0.15) is 18.9 Å². The molecule has 0 aliphatic rings. The zero-order valence-corrected chi connectivity index (χ0v) is 20.2. The number of hydrogen-bond donors (Lipinski definition) is 0. The van der Waals surface area contributed by atoms with Crippen molar-refractivity contribution in [1.29, 1.82) is 0 Å². The second-order valence-electron chi connectivity index (χ2n) is 9.05. The van der Waals surface area contributed by atoms with Gasteiger partial charge >= 0.3 is 0 Å². The van der Waals surface area contributed by atoms with Crippen molar-refractivity contribution in [2.75, 3.05) is 33.8 Å². The maximum Gasteiger partial charge on any atom is 0.137 e. The van der Waals surface area contributed by atoms with Crippen molar-refractivity contribution < 1.29 is 9.22 Å². The van der Waals surface area contributed by atoms with Crippen LogP contribution in [0.2, 0.25) is 0 Å². The summed E-state index contributed by atoms with van der Waals surface area (Å²) in [5, 5.41) is 0. The third kappa shape index (κ3) is 6.58. The van der Waals surface area contributed by atoms with Crippen molar-refractivity contribution in [1.82, 2.24) is 0 Å². The predicted octanol–water partition coefficient (Wildman–Crippen LogP) is 7.31. The lowest BCUT2D eigenvalue weighted by Gasteiger charge is -2.29. The van der Waals surface area contributed by atoms with Gasteiger partial charge in [0.05, 0.1) is 20.6 Å². The molecule has 3 aromatic rings. The van der Waals surface area contributed by atoms with E-state index >= 15 is 0 Å². The molecule has 0 radical (unpaired) electrons. The molecule has 3 rings (SSSR count). The van der Waals surface area contributed by atoms with Gasteiger partial charge in [-0.1, -0.05) is 93.1 Å². The molecule has 0 unspecified atom stereocenters. The van der Waals surface area contributed by atoms with Crippen LogP contribution in [0.25, 0.3) is 11.1 Å². The summed E-state index contributed by atoms with van der Waals surface area (Å²) in [5.41, 5.74) is 6.41. The van der Waals surface area contributed by atoms with Gasteiger partial charge < -0.3 is 9.22 Å². The molecule has 0 heterocycles. The third-order valence-electron chi connectivity index (χ3n) is 6.07. The second-order valence-corrected chi connectivity index (χ2v) is 9.05. The summed E-state index contributed by atoms with van der Waals surface area (Å²) in [5.74, 6) is 0.939. The van der Waals surface area contributed by atoms with Crippen LogP contribution in [-0.4, -0.2) is 38.3 Å². The number of unbranched alkanes of at least 4 members (excludes halogenated alkanes) is 1. The number of allylic oxidation sites excluding steroid dienone is 1. The van der Waals surface area contributed by atoms with Gasteiger partial charge in [-0.3, -0.25) is 0 Å². The molecule has 0 bridgehead atoms. The van der Waals surface area contributed by atoms with E-state index in [1.165, 1.54) is 47.2 Å². The van der Waals surface area contributed by atoms with E-state index in [1.54, 1.807) is 0 Å². The minimum absolute atomic E-state index is 0.738. The second kappa shape index (κ2) is 11.7. The number of quaternary nitrogens is 1. The lowest BCUT2D eigenvalue weighted by molar-refractivity contribution is -0.890. The van der Waals surface area contributed by atoms with Crippen LogP contribution in [0.15, 0.2) is 84.9 Å². The average molecular weight is 429 g/mol. The van der Waals surface area contributed by atoms with Crippen LogP contribution >= 0.6 is 0 Å². The smallest absolute Gasteiger partial charge is 0.137 e. The van der Waals surface area contributed by atoms with Gasteiger partial charge in [-0.15, -0.1) is 0 Å². The van der Waals surface area contributed by atoms with E-state index in [1.807, 2.05) is 0 Å². The number of likely N-dealkylation sites (N-methyl/N-ethyl adjacent to an activating group) is 1. The Bertz CT molecular complexity index is 972. The fourth-order valence-electron chi connectivity index (χ4n) is 4.11. The van der Waals surface area contributed by atoms with Crippen LogP contribution in [0.5, 0.6) is 5.75 Å². The van der Waals surface area contributed by atoms with Gasteiger partial charge in [0, 0.05) is 0 Å². The first-order chi connectivity index (χ1) is 15.5. The van der Waals surface area contributed by atoms with E-state index in [-0.39, 0.29) is 0 Å². The van der Waals surface area contributed by atoms with E-state index in [9.17, 15) is 0 Å². The number of benzene rings is 3. The standard InChI is InChI=1S/C30H38NO/c1-5-7-22-31(3,4)23-24-32-28-20-18-27(19-21-28)30(26-16-12-9-13-17-26)29(6-2)25-14-10-8-11-15-25/h8-21H,5-7,22-24H2,1-4H3/q+1/b30-29-. The summed E-state index contributed by atoms with van der Waals surface area (Å²) in [7, 11) is 4.57. The molecule has 168 valence electrons. The van der Waals surface area contributed by atoms with Crippen molar-refractivity contribution in [3.05, 3.63) is 102 Å². The van der Waals surface area contributed by atoms with Gasteiger partial charge in [0.2, 0.25) is 0 Å². The minimum Gasteiger partial charge on any atom is -0.488 e. The largest absolute Gasteiger partial charge is 0.488 e. The quantitative estimate of drug-likeness (QED) is 0.230. The summed E-state index contributed by atoms with van der Waals surface area (Å²) in [4.78, 5) is 0. The van der Waals surface area contributed by atoms with Gasteiger partial charge in [-0.05, 0) is 52.8 Å². The summed E-state index contributed by atoms with van der Waals surface area (Å²) >= 11 is 0. The topological polar surface area (TPSA) is 9.23 Å². The first-order valence-electron chi connectivity index (χ1n) is 11.9. The minimum atomic E-state index is 0.738. The Labute approximate surface area is 194 Å². The summed E-state index contributed by atoms with van der Waals surface area (Å²) in [6.07, 6.45) is 3.47. The summed E-state index contributed by atoms with van der Waals surface area (Å²) < 4.78 is 7.11. The number of hydrogen-bond acceptors (Lipinski definition) is 1. The highest BCUT2D eigenvalue weighted by molar-refractivity contribution is 5.98. The van der Waals surface area contributed by atoms with Crippen LogP contribution in [0.1, 0.15) is 49.8 Å². The molecule has 0 spiro atoms. The Kier molecular flexibility index (Phi) is 8.70. The molecule has 0 aliphatic carbocycles. The number of rotatable bonds is 11.